The highest BCUT2D eigenvalue weighted by Crippen LogP contribution is 2.27. The van der Waals surface area contributed by atoms with E-state index in [1.54, 1.807) is 0 Å². The predicted octanol–water partition coefficient (Wildman–Crippen LogP) is 2.48. The lowest BCUT2D eigenvalue weighted by molar-refractivity contribution is -0.143. The van der Waals surface area contributed by atoms with Gasteiger partial charge >= 0.3 is 0 Å². The summed E-state index contributed by atoms with van der Waals surface area (Å²) in [7, 11) is 0. The molecule has 0 spiro atoms. The summed E-state index contributed by atoms with van der Waals surface area (Å²) < 4.78 is 5.41. The molecule has 2 heterocycles. The van der Waals surface area contributed by atoms with Crippen molar-refractivity contribution in [3.05, 3.63) is 35.5 Å². The van der Waals surface area contributed by atoms with Gasteiger partial charge in [0.1, 0.15) is 6.10 Å². The molecule has 4 nitrogen and oxygen atoms in total. The van der Waals surface area contributed by atoms with Crippen LogP contribution in [0.3, 0.4) is 0 Å². The Morgan fingerprint density at radius 2 is 2.25 bits per heavy atom. The van der Waals surface area contributed by atoms with Crippen molar-refractivity contribution in [2.45, 2.75) is 32.9 Å². The molecule has 0 saturated heterocycles. The van der Waals surface area contributed by atoms with E-state index in [9.17, 15) is 4.79 Å². The summed E-state index contributed by atoms with van der Waals surface area (Å²) in [5.41, 5.74) is 3.67. The number of aromatic amines is 1. The van der Waals surface area contributed by atoms with Crippen LogP contribution in [-0.2, 0) is 22.5 Å². The first-order chi connectivity index (χ1) is 9.70. The quantitative estimate of drug-likeness (QED) is 0.933. The maximum absolute atomic E-state index is 12.3. The minimum absolute atomic E-state index is 0.0859. The van der Waals surface area contributed by atoms with Gasteiger partial charge in [0.15, 0.2) is 0 Å². The van der Waals surface area contributed by atoms with Gasteiger partial charge in [-0.15, -0.1) is 0 Å². The number of rotatable bonds is 3. The van der Waals surface area contributed by atoms with Crippen LogP contribution in [-0.4, -0.2) is 35.0 Å². The third-order valence-electron chi connectivity index (χ3n) is 3.96. The van der Waals surface area contributed by atoms with Gasteiger partial charge in [-0.05, 0) is 19.9 Å². The highest BCUT2D eigenvalue weighted by Gasteiger charge is 2.26. The SMILES string of the molecule is CCO[C@@H](C)C(=O)N1CCc2[nH]c3ccccc3c2C1. The first-order valence-electron chi connectivity index (χ1n) is 7.19. The summed E-state index contributed by atoms with van der Waals surface area (Å²) in [6.07, 6.45) is 0.529. The molecule has 1 aliphatic heterocycles. The second kappa shape index (κ2) is 5.29. The van der Waals surface area contributed by atoms with Crippen molar-refractivity contribution in [3.8, 4) is 0 Å². The number of ether oxygens (including phenoxy) is 1. The summed E-state index contributed by atoms with van der Waals surface area (Å²) in [5, 5.41) is 1.23. The van der Waals surface area contributed by atoms with Gasteiger partial charge in [-0.3, -0.25) is 4.79 Å². The van der Waals surface area contributed by atoms with Crippen LogP contribution in [0.4, 0.5) is 0 Å². The number of benzene rings is 1. The number of para-hydroxylation sites is 1. The number of hydrogen-bond donors (Lipinski definition) is 1. The molecule has 1 aliphatic rings. The number of amides is 1. The summed E-state index contributed by atoms with van der Waals surface area (Å²) in [6, 6.07) is 8.28. The number of H-pyrrole nitrogens is 1. The molecule has 1 atom stereocenters. The number of carbonyl (C=O) groups excluding carboxylic acids is 1. The van der Waals surface area contributed by atoms with Crippen LogP contribution in [0.25, 0.3) is 10.9 Å². The van der Waals surface area contributed by atoms with Gasteiger partial charge < -0.3 is 14.6 Å². The monoisotopic (exact) mass is 272 g/mol. The highest BCUT2D eigenvalue weighted by molar-refractivity contribution is 5.86. The van der Waals surface area contributed by atoms with Crippen molar-refractivity contribution in [1.82, 2.24) is 9.88 Å². The number of carbonyl (C=O) groups is 1. The van der Waals surface area contributed by atoms with Crippen LogP contribution in [0.1, 0.15) is 25.1 Å². The van der Waals surface area contributed by atoms with E-state index in [0.29, 0.717) is 13.2 Å². The molecule has 0 fully saturated rings. The molecule has 3 rings (SSSR count). The molecule has 2 aromatic rings. The lowest BCUT2D eigenvalue weighted by Gasteiger charge is -2.29. The van der Waals surface area contributed by atoms with E-state index in [1.165, 1.54) is 16.6 Å². The first-order valence-corrected chi connectivity index (χ1v) is 7.19. The minimum Gasteiger partial charge on any atom is -0.369 e. The summed E-state index contributed by atoms with van der Waals surface area (Å²) in [6.45, 7) is 5.75. The lowest BCUT2D eigenvalue weighted by Crippen LogP contribution is -2.42. The van der Waals surface area contributed by atoms with E-state index in [4.69, 9.17) is 4.74 Å². The van der Waals surface area contributed by atoms with E-state index in [2.05, 4.69) is 17.1 Å². The molecule has 0 radical (unpaired) electrons. The van der Waals surface area contributed by atoms with Gasteiger partial charge in [0.2, 0.25) is 0 Å². The molecule has 1 aromatic carbocycles. The highest BCUT2D eigenvalue weighted by atomic mass is 16.5. The second-order valence-electron chi connectivity index (χ2n) is 5.24. The Labute approximate surface area is 118 Å². The van der Waals surface area contributed by atoms with Gasteiger partial charge in [0.25, 0.3) is 5.91 Å². The standard InChI is InChI=1S/C16H20N2O2/c1-3-20-11(2)16(19)18-9-8-15-13(10-18)12-6-4-5-7-14(12)17-15/h4-7,11,17H,3,8-10H2,1-2H3/t11-/m0/s1. The smallest absolute Gasteiger partial charge is 0.251 e. The molecule has 1 N–H and O–H groups in total. The molecule has 4 heteroatoms. The van der Waals surface area contributed by atoms with Crippen LogP contribution < -0.4 is 0 Å². The first kappa shape index (κ1) is 13.2. The minimum atomic E-state index is -0.355. The fourth-order valence-corrected chi connectivity index (χ4v) is 2.93. The Hall–Kier alpha value is -1.81. The Morgan fingerprint density at radius 1 is 1.45 bits per heavy atom. The maximum Gasteiger partial charge on any atom is 0.251 e. The lowest BCUT2D eigenvalue weighted by atomic mass is 10.0. The normalized spacial score (nSPS) is 16.2. The number of aromatic nitrogens is 1. The molecule has 0 saturated carbocycles. The van der Waals surface area contributed by atoms with E-state index < -0.39 is 0 Å². The van der Waals surface area contributed by atoms with Crippen LogP contribution in [0.5, 0.6) is 0 Å². The van der Waals surface area contributed by atoms with Crippen molar-refractivity contribution in [2.24, 2.45) is 0 Å². The number of fused-ring (bicyclic) bond motifs is 3. The number of nitrogens with one attached hydrogen (secondary N) is 1. The fourth-order valence-electron chi connectivity index (χ4n) is 2.93. The van der Waals surface area contributed by atoms with Crippen LogP contribution >= 0.6 is 0 Å². The Morgan fingerprint density at radius 3 is 3.05 bits per heavy atom. The van der Waals surface area contributed by atoms with Crippen molar-refractivity contribution in [3.63, 3.8) is 0 Å². The number of hydrogen-bond acceptors (Lipinski definition) is 2. The largest absolute Gasteiger partial charge is 0.369 e. The molecule has 20 heavy (non-hydrogen) atoms. The summed E-state index contributed by atoms with van der Waals surface area (Å²) >= 11 is 0. The zero-order chi connectivity index (χ0) is 14.1. The van der Waals surface area contributed by atoms with Crippen molar-refractivity contribution >= 4 is 16.8 Å². The second-order valence-corrected chi connectivity index (χ2v) is 5.24. The van der Waals surface area contributed by atoms with E-state index in [1.807, 2.05) is 30.9 Å². The van der Waals surface area contributed by atoms with E-state index in [0.717, 1.165) is 18.5 Å². The molecular formula is C16H20N2O2. The van der Waals surface area contributed by atoms with Crippen LogP contribution in [0.15, 0.2) is 24.3 Å². The van der Waals surface area contributed by atoms with Gasteiger partial charge in [0, 0.05) is 48.3 Å². The average molecular weight is 272 g/mol. The zero-order valence-corrected chi connectivity index (χ0v) is 12.0. The van der Waals surface area contributed by atoms with Crippen molar-refractivity contribution < 1.29 is 9.53 Å². The maximum atomic E-state index is 12.3. The third kappa shape index (κ3) is 2.20. The Bertz CT molecular complexity index is 632. The fraction of sp³-hybridized carbons (Fsp3) is 0.438. The van der Waals surface area contributed by atoms with Crippen molar-refractivity contribution in [1.29, 1.82) is 0 Å². The Kier molecular flexibility index (Phi) is 3.49. The van der Waals surface area contributed by atoms with Crippen molar-refractivity contribution in [2.75, 3.05) is 13.2 Å². The molecular weight excluding hydrogens is 252 g/mol. The molecule has 1 aromatic heterocycles. The topological polar surface area (TPSA) is 45.3 Å². The van der Waals surface area contributed by atoms with Gasteiger partial charge in [-0.2, -0.15) is 0 Å². The van der Waals surface area contributed by atoms with Gasteiger partial charge in [-0.1, -0.05) is 18.2 Å². The molecule has 0 aliphatic carbocycles. The van der Waals surface area contributed by atoms with Gasteiger partial charge in [-0.25, -0.2) is 0 Å². The van der Waals surface area contributed by atoms with Crippen LogP contribution in [0.2, 0.25) is 0 Å². The van der Waals surface area contributed by atoms with Gasteiger partial charge in [0.05, 0.1) is 0 Å². The molecule has 106 valence electrons. The summed E-state index contributed by atoms with van der Waals surface area (Å²) in [5.74, 6) is 0.0859. The molecule has 1 amide bonds. The average Bonchev–Trinajstić information content (AvgIpc) is 2.84. The third-order valence-corrected chi connectivity index (χ3v) is 3.96. The number of nitrogens with zero attached hydrogens (tertiary/aromatic N) is 1. The van der Waals surface area contributed by atoms with Crippen LogP contribution in [0, 0.1) is 0 Å². The zero-order valence-electron chi connectivity index (χ0n) is 12.0. The Balaban J connectivity index is 1.86. The molecule has 0 unspecified atom stereocenters. The predicted molar refractivity (Wildman–Crippen MR) is 78.5 cm³/mol. The summed E-state index contributed by atoms with van der Waals surface area (Å²) in [4.78, 5) is 17.7. The van der Waals surface area contributed by atoms with E-state index >= 15 is 0 Å². The molecule has 0 bridgehead atoms. The van der Waals surface area contributed by atoms with E-state index in [-0.39, 0.29) is 12.0 Å².